The summed E-state index contributed by atoms with van der Waals surface area (Å²) < 4.78 is 27.0. The summed E-state index contributed by atoms with van der Waals surface area (Å²) in [6.45, 7) is 3.76. The Morgan fingerprint density at radius 2 is 2.04 bits per heavy atom. The monoisotopic (exact) mass is 342 g/mol. The van der Waals surface area contributed by atoms with Gasteiger partial charge in [0.2, 0.25) is 0 Å². The molecule has 6 heteroatoms. The number of rotatable bonds is 4. The first-order valence-corrected chi connectivity index (χ1v) is 7.87. The summed E-state index contributed by atoms with van der Waals surface area (Å²) in [5.74, 6) is 0. The fraction of sp³-hybridized carbons (Fsp3) is 0.111. The first-order chi connectivity index (χ1) is 11.5. The number of pyridine rings is 1. The summed E-state index contributed by atoms with van der Waals surface area (Å²) in [5, 5.41) is 20.6. The predicted octanol–water partition coefficient (Wildman–Crippen LogP) is 4.83. The summed E-state index contributed by atoms with van der Waals surface area (Å²) >= 11 is 1.35. The molecule has 0 spiro atoms. The fourth-order valence-corrected chi connectivity index (χ4v) is 3.76. The first-order valence-electron chi connectivity index (χ1n) is 7.05. The number of aliphatic hydroxyl groups excluding tert-OH is 1. The third-order valence-electron chi connectivity index (χ3n) is 3.68. The van der Waals surface area contributed by atoms with Crippen LogP contribution in [0.2, 0.25) is 0 Å². The smallest absolute Gasteiger partial charge is 0.263 e. The maximum Gasteiger partial charge on any atom is 0.263 e. The highest BCUT2D eigenvalue weighted by Gasteiger charge is 2.21. The average molecular weight is 342 g/mol. The summed E-state index contributed by atoms with van der Waals surface area (Å²) in [6.07, 6.45) is 1.10. The molecule has 120 valence electrons. The highest BCUT2D eigenvalue weighted by atomic mass is 32.1. The molecule has 3 aromatic rings. The summed E-state index contributed by atoms with van der Waals surface area (Å²) in [7, 11) is 0. The van der Waals surface area contributed by atoms with Crippen molar-refractivity contribution in [3.63, 3.8) is 0 Å². The highest BCUT2D eigenvalue weighted by molar-refractivity contribution is 7.19. The van der Waals surface area contributed by atoms with Crippen LogP contribution in [0, 0.1) is 11.3 Å². The van der Waals surface area contributed by atoms with Crippen molar-refractivity contribution in [1.29, 1.82) is 5.26 Å². The molecule has 0 amide bonds. The van der Waals surface area contributed by atoms with Crippen molar-refractivity contribution in [2.45, 2.75) is 12.5 Å². The molecule has 0 aliphatic carbocycles. The van der Waals surface area contributed by atoms with Crippen LogP contribution in [0.3, 0.4) is 0 Å². The van der Waals surface area contributed by atoms with E-state index in [1.54, 1.807) is 18.5 Å². The van der Waals surface area contributed by atoms with Gasteiger partial charge in [-0.05, 0) is 29.8 Å². The van der Waals surface area contributed by atoms with Crippen molar-refractivity contribution in [2.24, 2.45) is 0 Å². The van der Waals surface area contributed by atoms with Gasteiger partial charge < -0.3 is 5.11 Å². The van der Waals surface area contributed by atoms with Crippen LogP contribution >= 0.6 is 11.3 Å². The van der Waals surface area contributed by atoms with Crippen LogP contribution in [-0.4, -0.2) is 10.1 Å². The van der Waals surface area contributed by atoms with Gasteiger partial charge in [-0.3, -0.25) is 4.98 Å². The number of hydrogen-bond acceptors (Lipinski definition) is 4. The topological polar surface area (TPSA) is 56.9 Å². The van der Waals surface area contributed by atoms with Gasteiger partial charge in [0.1, 0.15) is 6.10 Å². The minimum atomic E-state index is -2.71. The molecule has 2 aromatic heterocycles. The van der Waals surface area contributed by atoms with E-state index < -0.39 is 12.5 Å². The molecule has 0 radical (unpaired) electrons. The lowest BCUT2D eigenvalue weighted by Gasteiger charge is -2.13. The number of nitriles is 1. The average Bonchev–Trinajstić information content (AvgIpc) is 2.99. The molecule has 1 unspecified atom stereocenters. The quantitative estimate of drug-likeness (QED) is 0.739. The zero-order valence-corrected chi connectivity index (χ0v) is 13.2. The van der Waals surface area contributed by atoms with Crippen LogP contribution < -0.4 is 0 Å². The van der Waals surface area contributed by atoms with Crippen molar-refractivity contribution in [2.75, 3.05) is 0 Å². The predicted molar refractivity (Wildman–Crippen MR) is 89.9 cm³/mol. The van der Waals surface area contributed by atoms with Crippen LogP contribution in [0.4, 0.5) is 8.78 Å². The second-order valence-electron chi connectivity index (χ2n) is 5.16. The number of thiophene rings is 1. The number of alkyl halides is 2. The SMILES string of the molecule is C=Cc1c(C(O)c2cc(C#N)cc(C(F)F)c2)sc2ccncc12. The Balaban J connectivity index is 2.16. The number of halogens is 2. The van der Waals surface area contributed by atoms with Crippen LogP contribution in [0.1, 0.15) is 39.7 Å². The van der Waals surface area contributed by atoms with E-state index in [1.165, 1.54) is 23.5 Å². The standard InChI is InChI=1S/C18H12F2N2OS/c1-2-13-14-9-22-4-3-15(14)24-17(13)16(23)11-5-10(8-21)6-12(7-11)18(19)20/h2-7,9,16,18,23H,1H2. The normalized spacial score (nSPS) is 12.3. The van der Waals surface area contributed by atoms with Crippen molar-refractivity contribution in [3.8, 4) is 6.07 Å². The molecule has 1 N–H and O–H groups in total. The Labute approximate surface area is 141 Å². The Morgan fingerprint density at radius 1 is 1.29 bits per heavy atom. The molecule has 3 nitrogen and oxygen atoms in total. The number of fused-ring (bicyclic) bond motifs is 1. The molecular formula is C18H12F2N2OS. The maximum atomic E-state index is 13.0. The number of aliphatic hydroxyl groups is 1. The van der Waals surface area contributed by atoms with Crippen LogP contribution in [0.25, 0.3) is 16.2 Å². The largest absolute Gasteiger partial charge is 0.383 e. The number of benzene rings is 1. The van der Waals surface area contributed by atoms with E-state index in [0.717, 1.165) is 21.7 Å². The lowest BCUT2D eigenvalue weighted by atomic mass is 9.99. The van der Waals surface area contributed by atoms with E-state index in [2.05, 4.69) is 11.6 Å². The molecule has 0 fully saturated rings. The van der Waals surface area contributed by atoms with E-state index in [9.17, 15) is 13.9 Å². The molecule has 1 aromatic carbocycles. The van der Waals surface area contributed by atoms with Gasteiger partial charge in [0, 0.05) is 38.5 Å². The number of nitrogens with zero attached hydrogens (tertiary/aromatic N) is 2. The van der Waals surface area contributed by atoms with E-state index in [0.29, 0.717) is 4.88 Å². The third-order valence-corrected chi connectivity index (χ3v) is 4.92. The maximum absolute atomic E-state index is 13.0. The summed E-state index contributed by atoms with van der Waals surface area (Å²) in [5.41, 5.74) is 0.777. The van der Waals surface area contributed by atoms with Gasteiger partial charge in [-0.25, -0.2) is 8.78 Å². The molecule has 3 rings (SSSR count). The first kappa shape index (κ1) is 16.2. The molecule has 24 heavy (non-hydrogen) atoms. The highest BCUT2D eigenvalue weighted by Crippen LogP contribution is 2.39. The molecule has 2 heterocycles. The van der Waals surface area contributed by atoms with Gasteiger partial charge >= 0.3 is 0 Å². The number of aromatic nitrogens is 1. The van der Waals surface area contributed by atoms with Crippen LogP contribution in [0.5, 0.6) is 0 Å². The van der Waals surface area contributed by atoms with Crippen molar-refractivity contribution < 1.29 is 13.9 Å². The van der Waals surface area contributed by atoms with Gasteiger partial charge in [-0.1, -0.05) is 12.7 Å². The summed E-state index contributed by atoms with van der Waals surface area (Å²) in [4.78, 5) is 4.65. The van der Waals surface area contributed by atoms with Crippen molar-refractivity contribution in [3.05, 3.63) is 70.4 Å². The Bertz CT molecular complexity index is 959. The Kier molecular flexibility index (Phi) is 4.38. The van der Waals surface area contributed by atoms with Crippen molar-refractivity contribution in [1.82, 2.24) is 4.98 Å². The second-order valence-corrected chi connectivity index (χ2v) is 6.24. The van der Waals surface area contributed by atoms with Gasteiger partial charge in [0.05, 0.1) is 11.6 Å². The Hall–Kier alpha value is -2.62. The molecule has 0 aliphatic rings. The minimum Gasteiger partial charge on any atom is -0.383 e. The minimum absolute atomic E-state index is 0.0878. The third kappa shape index (κ3) is 2.80. The lowest BCUT2D eigenvalue weighted by Crippen LogP contribution is -2.01. The molecule has 0 saturated carbocycles. The van der Waals surface area contributed by atoms with Gasteiger partial charge in [0.25, 0.3) is 6.43 Å². The van der Waals surface area contributed by atoms with Gasteiger partial charge in [0.15, 0.2) is 0 Å². The fourth-order valence-electron chi connectivity index (χ4n) is 2.57. The number of hydrogen-bond donors (Lipinski definition) is 1. The summed E-state index contributed by atoms with van der Waals surface area (Å²) in [6, 6.07) is 7.45. The van der Waals surface area contributed by atoms with Crippen molar-refractivity contribution >= 4 is 27.5 Å². The van der Waals surface area contributed by atoms with E-state index in [4.69, 9.17) is 5.26 Å². The lowest BCUT2D eigenvalue weighted by molar-refractivity contribution is 0.150. The van der Waals surface area contributed by atoms with E-state index in [-0.39, 0.29) is 16.7 Å². The van der Waals surface area contributed by atoms with E-state index in [1.807, 2.05) is 12.1 Å². The second kappa shape index (κ2) is 6.48. The van der Waals surface area contributed by atoms with Crippen LogP contribution in [0.15, 0.2) is 43.2 Å². The molecule has 0 aliphatic heterocycles. The van der Waals surface area contributed by atoms with Gasteiger partial charge in [-0.2, -0.15) is 5.26 Å². The molecule has 1 atom stereocenters. The van der Waals surface area contributed by atoms with E-state index >= 15 is 0 Å². The van der Waals surface area contributed by atoms with Crippen LogP contribution in [-0.2, 0) is 0 Å². The molecule has 0 bridgehead atoms. The molecular weight excluding hydrogens is 330 g/mol. The Morgan fingerprint density at radius 3 is 2.71 bits per heavy atom. The zero-order valence-electron chi connectivity index (χ0n) is 12.4. The molecule has 0 saturated heterocycles. The zero-order chi connectivity index (χ0) is 17.3. The van der Waals surface area contributed by atoms with Gasteiger partial charge in [-0.15, -0.1) is 11.3 Å².